The molecule has 0 heterocycles. The number of aromatic hydroxyl groups is 1. The molecule has 0 spiro atoms. The number of carbonyl (C=O) groups is 2. The van der Waals surface area contributed by atoms with Gasteiger partial charge in [0.2, 0.25) is 5.91 Å². The van der Waals surface area contributed by atoms with Crippen molar-refractivity contribution in [2.75, 3.05) is 13.6 Å². The average molecular weight is 264 g/mol. The van der Waals surface area contributed by atoms with Crippen LogP contribution in [0.5, 0.6) is 5.75 Å². The number of nitrogens with one attached hydrogen (secondary N) is 2. The van der Waals surface area contributed by atoms with Crippen LogP contribution >= 0.6 is 0 Å². The molecule has 1 rings (SSSR count). The van der Waals surface area contributed by atoms with Crippen molar-refractivity contribution in [3.05, 3.63) is 29.3 Å². The second-order valence-corrected chi connectivity index (χ2v) is 5.17. The van der Waals surface area contributed by atoms with Crippen molar-refractivity contribution in [2.45, 2.75) is 20.8 Å². The van der Waals surface area contributed by atoms with E-state index in [9.17, 15) is 14.7 Å². The molecule has 104 valence electrons. The van der Waals surface area contributed by atoms with Gasteiger partial charge in [-0.15, -0.1) is 0 Å². The number of amides is 2. The summed E-state index contributed by atoms with van der Waals surface area (Å²) in [5.74, 6) is -0.611. The number of phenols is 1. The van der Waals surface area contributed by atoms with Crippen molar-refractivity contribution in [2.24, 2.45) is 5.41 Å². The quantitative estimate of drug-likeness (QED) is 0.764. The highest BCUT2D eigenvalue weighted by Crippen LogP contribution is 2.19. The first-order chi connectivity index (χ1) is 8.77. The molecule has 0 saturated carbocycles. The first-order valence-electron chi connectivity index (χ1n) is 6.08. The second kappa shape index (κ2) is 5.73. The molecule has 0 aliphatic heterocycles. The van der Waals surface area contributed by atoms with Gasteiger partial charge in [0.15, 0.2) is 0 Å². The molecular weight excluding hydrogens is 244 g/mol. The zero-order valence-corrected chi connectivity index (χ0v) is 11.7. The Kier molecular flexibility index (Phi) is 4.53. The monoisotopic (exact) mass is 264 g/mol. The van der Waals surface area contributed by atoms with Crippen molar-refractivity contribution >= 4 is 11.8 Å². The van der Waals surface area contributed by atoms with Crippen LogP contribution in [0.25, 0.3) is 0 Å². The van der Waals surface area contributed by atoms with Gasteiger partial charge in [-0.1, -0.05) is 11.6 Å². The molecule has 0 fully saturated rings. The lowest BCUT2D eigenvalue weighted by Crippen LogP contribution is -2.43. The van der Waals surface area contributed by atoms with Gasteiger partial charge in [-0.2, -0.15) is 0 Å². The Balaban J connectivity index is 2.76. The number of aryl methyl sites for hydroxylation is 1. The van der Waals surface area contributed by atoms with Crippen molar-refractivity contribution in [1.82, 2.24) is 10.6 Å². The second-order valence-electron chi connectivity index (χ2n) is 5.17. The SMILES string of the molecule is CNC(=O)C(C)(C)CNC(=O)c1cc(C)ccc1O. The number of benzene rings is 1. The Labute approximate surface area is 113 Å². The third-order valence-corrected chi connectivity index (χ3v) is 2.93. The van der Waals surface area contributed by atoms with Gasteiger partial charge in [-0.25, -0.2) is 0 Å². The fourth-order valence-corrected chi connectivity index (χ4v) is 1.65. The van der Waals surface area contributed by atoms with Crippen LogP contribution in [0.4, 0.5) is 0 Å². The van der Waals surface area contributed by atoms with Gasteiger partial charge in [0.05, 0.1) is 11.0 Å². The normalized spacial score (nSPS) is 10.9. The Bertz CT molecular complexity index is 495. The molecule has 0 atom stereocenters. The van der Waals surface area contributed by atoms with Crippen LogP contribution in [0, 0.1) is 12.3 Å². The summed E-state index contributed by atoms with van der Waals surface area (Å²) in [6, 6.07) is 4.81. The van der Waals surface area contributed by atoms with Crippen LogP contribution < -0.4 is 10.6 Å². The van der Waals surface area contributed by atoms with E-state index in [2.05, 4.69) is 10.6 Å². The lowest BCUT2D eigenvalue weighted by atomic mass is 9.92. The van der Waals surface area contributed by atoms with Gasteiger partial charge in [-0.3, -0.25) is 9.59 Å². The van der Waals surface area contributed by atoms with E-state index < -0.39 is 11.3 Å². The number of phenolic OH excluding ortho intramolecular Hbond substituents is 1. The summed E-state index contributed by atoms with van der Waals surface area (Å²) in [4.78, 5) is 23.6. The van der Waals surface area contributed by atoms with E-state index >= 15 is 0 Å². The molecule has 0 aromatic heterocycles. The minimum Gasteiger partial charge on any atom is -0.507 e. The molecule has 1 aromatic rings. The van der Waals surface area contributed by atoms with E-state index in [1.165, 1.54) is 6.07 Å². The molecule has 0 bridgehead atoms. The van der Waals surface area contributed by atoms with Crippen LogP contribution in [0.2, 0.25) is 0 Å². The molecule has 5 nitrogen and oxygen atoms in total. The molecule has 0 aliphatic rings. The summed E-state index contributed by atoms with van der Waals surface area (Å²) < 4.78 is 0. The molecule has 0 saturated heterocycles. The van der Waals surface area contributed by atoms with Gasteiger partial charge in [-0.05, 0) is 32.9 Å². The molecule has 0 unspecified atom stereocenters. The molecule has 5 heteroatoms. The zero-order chi connectivity index (χ0) is 14.6. The number of carbonyl (C=O) groups excluding carboxylic acids is 2. The Morgan fingerprint density at radius 3 is 2.53 bits per heavy atom. The number of hydrogen-bond donors (Lipinski definition) is 3. The summed E-state index contributed by atoms with van der Waals surface area (Å²) >= 11 is 0. The minimum absolute atomic E-state index is 0.0687. The van der Waals surface area contributed by atoms with E-state index in [1.54, 1.807) is 33.0 Å². The highest BCUT2D eigenvalue weighted by Gasteiger charge is 2.27. The van der Waals surface area contributed by atoms with Gasteiger partial charge in [0, 0.05) is 13.6 Å². The van der Waals surface area contributed by atoms with E-state index in [0.29, 0.717) is 0 Å². The molecule has 2 amide bonds. The smallest absolute Gasteiger partial charge is 0.255 e. The Morgan fingerprint density at radius 2 is 1.95 bits per heavy atom. The van der Waals surface area contributed by atoms with Crippen molar-refractivity contribution in [3.63, 3.8) is 0 Å². The van der Waals surface area contributed by atoms with E-state index in [4.69, 9.17) is 0 Å². The maximum absolute atomic E-state index is 12.0. The van der Waals surface area contributed by atoms with E-state index in [-0.39, 0.29) is 23.8 Å². The van der Waals surface area contributed by atoms with Crippen LogP contribution in [-0.4, -0.2) is 30.5 Å². The lowest BCUT2D eigenvalue weighted by Gasteiger charge is -2.22. The average Bonchev–Trinajstić information content (AvgIpc) is 2.37. The third-order valence-electron chi connectivity index (χ3n) is 2.93. The maximum Gasteiger partial charge on any atom is 0.255 e. The highest BCUT2D eigenvalue weighted by molar-refractivity contribution is 5.97. The Hall–Kier alpha value is -2.04. The summed E-state index contributed by atoms with van der Waals surface area (Å²) in [6.07, 6.45) is 0. The molecule has 0 radical (unpaired) electrons. The topological polar surface area (TPSA) is 78.4 Å². The zero-order valence-electron chi connectivity index (χ0n) is 11.7. The number of rotatable bonds is 4. The standard InChI is InChI=1S/C14H20N2O3/c1-9-5-6-11(17)10(7-9)12(18)16-8-14(2,3)13(19)15-4/h5-7,17H,8H2,1-4H3,(H,15,19)(H,16,18). The van der Waals surface area contributed by atoms with Crippen molar-refractivity contribution in [3.8, 4) is 5.75 Å². The first kappa shape index (κ1) is 15.0. The summed E-state index contributed by atoms with van der Waals surface area (Å²) in [5, 5.41) is 14.9. The number of hydrogen-bond acceptors (Lipinski definition) is 3. The van der Waals surface area contributed by atoms with Crippen LogP contribution in [0.3, 0.4) is 0 Å². The van der Waals surface area contributed by atoms with E-state index in [1.807, 2.05) is 6.92 Å². The first-order valence-corrected chi connectivity index (χ1v) is 6.08. The molecule has 19 heavy (non-hydrogen) atoms. The summed E-state index contributed by atoms with van der Waals surface area (Å²) in [5.41, 5.74) is 0.394. The fourth-order valence-electron chi connectivity index (χ4n) is 1.65. The van der Waals surface area contributed by atoms with Gasteiger partial charge in [0.1, 0.15) is 5.75 Å². The highest BCUT2D eigenvalue weighted by atomic mass is 16.3. The predicted molar refractivity (Wildman–Crippen MR) is 73.0 cm³/mol. The fraction of sp³-hybridized carbons (Fsp3) is 0.429. The molecule has 0 aliphatic carbocycles. The molecule has 3 N–H and O–H groups in total. The van der Waals surface area contributed by atoms with Gasteiger partial charge in [0.25, 0.3) is 5.91 Å². The largest absolute Gasteiger partial charge is 0.507 e. The Morgan fingerprint density at radius 1 is 1.32 bits per heavy atom. The predicted octanol–water partition coefficient (Wildman–Crippen LogP) is 1.20. The summed E-state index contributed by atoms with van der Waals surface area (Å²) in [7, 11) is 1.55. The van der Waals surface area contributed by atoms with Crippen LogP contribution in [0.1, 0.15) is 29.8 Å². The van der Waals surface area contributed by atoms with E-state index in [0.717, 1.165) is 5.56 Å². The minimum atomic E-state index is -0.705. The summed E-state index contributed by atoms with van der Waals surface area (Å²) in [6.45, 7) is 5.51. The van der Waals surface area contributed by atoms with Crippen LogP contribution in [-0.2, 0) is 4.79 Å². The lowest BCUT2D eigenvalue weighted by molar-refractivity contribution is -0.128. The van der Waals surface area contributed by atoms with Crippen LogP contribution in [0.15, 0.2) is 18.2 Å². The van der Waals surface area contributed by atoms with Gasteiger partial charge >= 0.3 is 0 Å². The van der Waals surface area contributed by atoms with Crippen molar-refractivity contribution in [1.29, 1.82) is 0 Å². The van der Waals surface area contributed by atoms with Crippen molar-refractivity contribution < 1.29 is 14.7 Å². The maximum atomic E-state index is 12.0. The third kappa shape index (κ3) is 3.71. The van der Waals surface area contributed by atoms with Gasteiger partial charge < -0.3 is 15.7 Å². The molecular formula is C14H20N2O3. The molecule has 1 aromatic carbocycles.